The van der Waals surface area contributed by atoms with Crippen LogP contribution >= 0.6 is 0 Å². The summed E-state index contributed by atoms with van der Waals surface area (Å²) in [6.45, 7) is 5.03. The number of anilines is 1. The Balaban J connectivity index is 2.28. The van der Waals surface area contributed by atoms with Gasteiger partial charge in [-0.3, -0.25) is 5.32 Å². The fourth-order valence-electron chi connectivity index (χ4n) is 2.15. The van der Waals surface area contributed by atoms with E-state index in [1.807, 2.05) is 0 Å². The molecule has 122 valence electrons. The smallest absolute Gasteiger partial charge is 0.416 e. The minimum Gasteiger partial charge on any atom is -0.444 e. The molecule has 0 heterocycles. The molecule has 0 bridgehead atoms. The molecule has 1 aliphatic carbocycles. The number of halogens is 3. The van der Waals surface area contributed by atoms with Gasteiger partial charge >= 0.3 is 12.3 Å². The van der Waals surface area contributed by atoms with Crippen LogP contribution in [0.3, 0.4) is 0 Å². The molecule has 7 heteroatoms. The second-order valence-corrected chi connectivity index (χ2v) is 6.43. The van der Waals surface area contributed by atoms with Gasteiger partial charge in [0.05, 0.1) is 5.56 Å². The van der Waals surface area contributed by atoms with E-state index in [9.17, 15) is 18.0 Å². The van der Waals surface area contributed by atoms with Crippen molar-refractivity contribution >= 4 is 11.8 Å². The average Bonchev–Trinajstić information content (AvgIpc) is 3.02. The Bertz CT molecular complexity index is 579. The van der Waals surface area contributed by atoms with Gasteiger partial charge in [0.15, 0.2) is 0 Å². The van der Waals surface area contributed by atoms with Gasteiger partial charge < -0.3 is 10.5 Å². The van der Waals surface area contributed by atoms with E-state index in [0.29, 0.717) is 12.0 Å². The van der Waals surface area contributed by atoms with Gasteiger partial charge in [-0.2, -0.15) is 13.2 Å². The topological polar surface area (TPSA) is 64.3 Å². The van der Waals surface area contributed by atoms with E-state index in [1.54, 1.807) is 20.8 Å². The number of amides is 1. The molecule has 22 heavy (non-hydrogen) atoms. The molecule has 4 nitrogen and oxygen atoms in total. The van der Waals surface area contributed by atoms with Crippen LogP contribution in [-0.4, -0.2) is 17.7 Å². The average molecular weight is 316 g/mol. The van der Waals surface area contributed by atoms with Crippen LogP contribution in [0.25, 0.3) is 0 Å². The van der Waals surface area contributed by atoms with Crippen LogP contribution in [0.5, 0.6) is 0 Å². The lowest BCUT2D eigenvalue weighted by Crippen LogP contribution is -2.27. The van der Waals surface area contributed by atoms with Crippen molar-refractivity contribution in [3.8, 4) is 0 Å². The summed E-state index contributed by atoms with van der Waals surface area (Å²) in [5.74, 6) is -0.0350. The second-order valence-electron chi connectivity index (χ2n) is 6.43. The first-order chi connectivity index (χ1) is 9.97. The number of nitrogens with two attached hydrogens (primary N) is 1. The van der Waals surface area contributed by atoms with E-state index in [2.05, 4.69) is 5.32 Å². The van der Waals surface area contributed by atoms with Crippen molar-refractivity contribution in [3.05, 3.63) is 29.3 Å². The maximum absolute atomic E-state index is 12.8. The fourth-order valence-corrected chi connectivity index (χ4v) is 2.15. The number of hydrogen-bond acceptors (Lipinski definition) is 3. The summed E-state index contributed by atoms with van der Waals surface area (Å²) >= 11 is 0. The second kappa shape index (κ2) is 5.46. The van der Waals surface area contributed by atoms with E-state index in [4.69, 9.17) is 10.5 Å². The van der Waals surface area contributed by atoms with Gasteiger partial charge in [0.2, 0.25) is 0 Å². The first-order valence-corrected chi connectivity index (χ1v) is 6.94. The summed E-state index contributed by atoms with van der Waals surface area (Å²) in [5, 5.41) is 2.40. The highest BCUT2D eigenvalue weighted by Gasteiger charge is 2.38. The zero-order valence-corrected chi connectivity index (χ0v) is 12.6. The Kier molecular flexibility index (Phi) is 4.12. The van der Waals surface area contributed by atoms with E-state index < -0.39 is 23.4 Å². The molecule has 0 aromatic heterocycles. The van der Waals surface area contributed by atoms with Crippen LogP contribution in [0.2, 0.25) is 0 Å². The molecule has 0 spiro atoms. The number of benzene rings is 1. The molecule has 0 saturated heterocycles. The van der Waals surface area contributed by atoms with Crippen molar-refractivity contribution in [1.82, 2.24) is 0 Å². The quantitative estimate of drug-likeness (QED) is 0.870. The van der Waals surface area contributed by atoms with Crippen molar-refractivity contribution < 1.29 is 22.7 Å². The van der Waals surface area contributed by atoms with Gasteiger partial charge in [-0.25, -0.2) is 4.79 Å². The predicted molar refractivity (Wildman–Crippen MR) is 76.6 cm³/mol. The SMILES string of the molecule is CC(C)(C)OC(=O)Nc1cc(C(F)(F)F)ccc1[C@@H]1C[C@H]1N. The Morgan fingerprint density at radius 3 is 2.36 bits per heavy atom. The zero-order chi connectivity index (χ0) is 16.7. The van der Waals surface area contributed by atoms with Crippen LogP contribution in [0.1, 0.15) is 44.2 Å². The number of hydrogen-bond donors (Lipinski definition) is 2. The number of carbonyl (C=O) groups is 1. The number of rotatable bonds is 2. The normalized spacial score (nSPS) is 21.4. The molecule has 1 amide bonds. The molecule has 1 fully saturated rings. The molecule has 1 aromatic carbocycles. The van der Waals surface area contributed by atoms with Gasteiger partial charge in [-0.1, -0.05) is 6.07 Å². The number of ether oxygens (including phenoxy) is 1. The highest BCUT2D eigenvalue weighted by Crippen LogP contribution is 2.44. The maximum atomic E-state index is 12.8. The van der Waals surface area contributed by atoms with E-state index in [1.165, 1.54) is 6.07 Å². The lowest BCUT2D eigenvalue weighted by atomic mass is 10.0. The molecule has 1 aliphatic rings. The van der Waals surface area contributed by atoms with Crippen molar-refractivity contribution in [2.75, 3.05) is 5.32 Å². The monoisotopic (exact) mass is 316 g/mol. The van der Waals surface area contributed by atoms with E-state index in [-0.39, 0.29) is 17.6 Å². The van der Waals surface area contributed by atoms with Crippen LogP contribution in [-0.2, 0) is 10.9 Å². The highest BCUT2D eigenvalue weighted by molar-refractivity contribution is 5.86. The third kappa shape index (κ3) is 4.13. The van der Waals surface area contributed by atoms with E-state index in [0.717, 1.165) is 12.1 Å². The van der Waals surface area contributed by atoms with Crippen molar-refractivity contribution in [2.45, 2.75) is 50.9 Å². The molecule has 0 aliphatic heterocycles. The molecular formula is C15H19F3N2O2. The maximum Gasteiger partial charge on any atom is 0.416 e. The zero-order valence-electron chi connectivity index (χ0n) is 12.6. The van der Waals surface area contributed by atoms with Gasteiger partial charge in [0.25, 0.3) is 0 Å². The Morgan fingerprint density at radius 2 is 1.91 bits per heavy atom. The third-order valence-electron chi connectivity index (χ3n) is 3.26. The molecule has 1 saturated carbocycles. The van der Waals surface area contributed by atoms with Gasteiger partial charge in [-0.05, 0) is 44.9 Å². The summed E-state index contributed by atoms with van der Waals surface area (Å²) in [5.41, 5.74) is 4.90. The lowest BCUT2D eigenvalue weighted by Gasteiger charge is -2.21. The van der Waals surface area contributed by atoms with Crippen LogP contribution in [0, 0.1) is 0 Å². The first-order valence-electron chi connectivity index (χ1n) is 6.94. The molecule has 2 atom stereocenters. The summed E-state index contributed by atoms with van der Waals surface area (Å²) in [7, 11) is 0. The van der Waals surface area contributed by atoms with E-state index >= 15 is 0 Å². The molecule has 0 radical (unpaired) electrons. The molecular weight excluding hydrogens is 297 g/mol. The highest BCUT2D eigenvalue weighted by atomic mass is 19.4. The van der Waals surface area contributed by atoms with Crippen LogP contribution < -0.4 is 11.1 Å². The summed E-state index contributed by atoms with van der Waals surface area (Å²) < 4.78 is 43.6. The molecule has 1 aromatic rings. The summed E-state index contributed by atoms with van der Waals surface area (Å²) in [4.78, 5) is 11.8. The van der Waals surface area contributed by atoms with Crippen molar-refractivity contribution in [2.24, 2.45) is 5.73 Å². The molecule has 0 unspecified atom stereocenters. The number of nitrogens with one attached hydrogen (secondary N) is 1. The summed E-state index contributed by atoms with van der Waals surface area (Å²) in [6.07, 6.45) is -4.58. The fraction of sp³-hybridized carbons (Fsp3) is 0.533. The predicted octanol–water partition coefficient (Wildman–Crippen LogP) is 3.87. The minimum atomic E-state index is -4.48. The van der Waals surface area contributed by atoms with Gasteiger partial charge in [0, 0.05) is 17.6 Å². The Morgan fingerprint density at radius 1 is 1.32 bits per heavy atom. The van der Waals surface area contributed by atoms with Crippen LogP contribution in [0.4, 0.5) is 23.7 Å². The standard InChI is InChI=1S/C15H19F3N2O2/c1-14(2,3)22-13(21)20-12-6-8(15(16,17)18)4-5-9(12)10-7-11(10)19/h4-6,10-11H,7,19H2,1-3H3,(H,20,21)/t10-,11+/m0/s1. The van der Waals surface area contributed by atoms with Crippen molar-refractivity contribution in [3.63, 3.8) is 0 Å². The third-order valence-corrected chi connectivity index (χ3v) is 3.26. The molecule has 3 N–H and O–H groups in total. The van der Waals surface area contributed by atoms with Gasteiger partial charge in [0.1, 0.15) is 5.60 Å². The minimum absolute atomic E-state index is 0.0350. The lowest BCUT2D eigenvalue weighted by molar-refractivity contribution is -0.137. The van der Waals surface area contributed by atoms with Crippen molar-refractivity contribution in [1.29, 1.82) is 0 Å². The Labute approximate surface area is 126 Å². The number of carbonyl (C=O) groups excluding carboxylic acids is 1. The number of alkyl halides is 3. The molecule has 2 rings (SSSR count). The first kappa shape index (κ1) is 16.6. The van der Waals surface area contributed by atoms with Crippen LogP contribution in [0.15, 0.2) is 18.2 Å². The largest absolute Gasteiger partial charge is 0.444 e. The van der Waals surface area contributed by atoms with Gasteiger partial charge in [-0.15, -0.1) is 0 Å². The summed E-state index contributed by atoms with van der Waals surface area (Å²) in [6, 6.07) is 3.20. The Hall–Kier alpha value is -1.76.